The Kier molecular flexibility index (Phi) is 3.08. The van der Waals surface area contributed by atoms with Crippen LogP contribution in [0.5, 0.6) is 0 Å². The number of para-hydroxylation sites is 1. The maximum Gasteiger partial charge on any atom is 0.151 e. The summed E-state index contributed by atoms with van der Waals surface area (Å²) >= 11 is 0. The van der Waals surface area contributed by atoms with Crippen LogP contribution in [-0.2, 0) is 12.8 Å². The zero-order chi connectivity index (χ0) is 12.4. The summed E-state index contributed by atoms with van der Waals surface area (Å²) in [6, 6.07) is 4.70. The first-order valence-corrected chi connectivity index (χ1v) is 5.66. The SMILES string of the molecule is CCc1nc(CC)n(-c2cccc(F)c2N)n1. The largest absolute Gasteiger partial charge is 0.395 e. The summed E-state index contributed by atoms with van der Waals surface area (Å²) in [5, 5.41) is 4.33. The number of hydrogen-bond acceptors (Lipinski definition) is 3. The van der Waals surface area contributed by atoms with Crippen molar-refractivity contribution in [2.75, 3.05) is 5.73 Å². The van der Waals surface area contributed by atoms with E-state index in [2.05, 4.69) is 10.1 Å². The minimum atomic E-state index is -0.432. The molecule has 0 radical (unpaired) electrons. The lowest BCUT2D eigenvalue weighted by molar-refractivity contribution is 0.629. The van der Waals surface area contributed by atoms with E-state index >= 15 is 0 Å². The molecule has 0 aliphatic carbocycles. The van der Waals surface area contributed by atoms with Crippen LogP contribution in [0.2, 0.25) is 0 Å². The quantitative estimate of drug-likeness (QED) is 0.827. The molecule has 0 unspecified atom stereocenters. The summed E-state index contributed by atoms with van der Waals surface area (Å²) in [7, 11) is 0. The highest BCUT2D eigenvalue weighted by molar-refractivity contribution is 5.58. The molecule has 2 rings (SSSR count). The van der Waals surface area contributed by atoms with Crippen molar-refractivity contribution in [2.24, 2.45) is 0 Å². The van der Waals surface area contributed by atoms with E-state index in [1.165, 1.54) is 6.07 Å². The van der Waals surface area contributed by atoms with Crippen LogP contribution in [0.1, 0.15) is 25.5 Å². The highest BCUT2D eigenvalue weighted by Gasteiger charge is 2.13. The van der Waals surface area contributed by atoms with E-state index in [0.29, 0.717) is 5.69 Å². The molecule has 0 aliphatic rings. The summed E-state index contributed by atoms with van der Waals surface area (Å²) in [5.74, 6) is 1.10. The van der Waals surface area contributed by atoms with Crippen molar-refractivity contribution in [1.82, 2.24) is 14.8 Å². The van der Waals surface area contributed by atoms with E-state index in [1.54, 1.807) is 16.8 Å². The molecule has 1 aromatic heterocycles. The van der Waals surface area contributed by atoms with Crippen molar-refractivity contribution >= 4 is 5.69 Å². The molecule has 0 fully saturated rings. The lowest BCUT2D eigenvalue weighted by Crippen LogP contribution is -2.06. The van der Waals surface area contributed by atoms with Crippen LogP contribution in [0.15, 0.2) is 18.2 Å². The summed E-state index contributed by atoms with van der Waals surface area (Å²) < 4.78 is 15.0. The number of nitrogen functional groups attached to an aromatic ring is 1. The van der Waals surface area contributed by atoms with E-state index in [4.69, 9.17) is 5.73 Å². The maximum absolute atomic E-state index is 13.4. The Bertz CT molecular complexity index is 533. The van der Waals surface area contributed by atoms with Crippen LogP contribution >= 0.6 is 0 Å². The molecule has 2 aromatic rings. The van der Waals surface area contributed by atoms with Crippen LogP contribution in [0.25, 0.3) is 5.69 Å². The van der Waals surface area contributed by atoms with Gasteiger partial charge < -0.3 is 5.73 Å². The standard InChI is InChI=1S/C12H15FN4/c1-3-10-15-11(4-2)17(16-10)9-7-5-6-8(13)12(9)14/h5-7H,3-4,14H2,1-2H3. The van der Waals surface area contributed by atoms with Gasteiger partial charge in [0.2, 0.25) is 0 Å². The predicted molar refractivity (Wildman–Crippen MR) is 64.5 cm³/mol. The molecule has 90 valence electrons. The summed E-state index contributed by atoms with van der Waals surface area (Å²) in [6.07, 6.45) is 1.47. The second kappa shape index (κ2) is 4.53. The van der Waals surface area contributed by atoms with Gasteiger partial charge in [0.15, 0.2) is 5.82 Å². The third kappa shape index (κ3) is 2.00. The number of anilines is 1. The Morgan fingerprint density at radius 3 is 2.71 bits per heavy atom. The van der Waals surface area contributed by atoms with E-state index in [-0.39, 0.29) is 5.69 Å². The zero-order valence-corrected chi connectivity index (χ0v) is 9.94. The molecule has 0 atom stereocenters. The molecular formula is C12H15FN4. The number of nitrogens with two attached hydrogens (primary N) is 1. The number of rotatable bonds is 3. The fourth-order valence-corrected chi connectivity index (χ4v) is 1.67. The molecule has 0 bridgehead atoms. The van der Waals surface area contributed by atoms with E-state index in [9.17, 15) is 4.39 Å². The fourth-order valence-electron chi connectivity index (χ4n) is 1.67. The number of benzene rings is 1. The van der Waals surface area contributed by atoms with Gasteiger partial charge in [0, 0.05) is 12.8 Å². The molecule has 1 heterocycles. The van der Waals surface area contributed by atoms with Crippen LogP contribution < -0.4 is 5.73 Å². The highest BCUT2D eigenvalue weighted by atomic mass is 19.1. The Hall–Kier alpha value is -1.91. The van der Waals surface area contributed by atoms with Gasteiger partial charge in [-0.3, -0.25) is 0 Å². The minimum absolute atomic E-state index is 0.106. The first-order valence-electron chi connectivity index (χ1n) is 5.66. The van der Waals surface area contributed by atoms with E-state index in [1.807, 2.05) is 13.8 Å². The highest BCUT2D eigenvalue weighted by Crippen LogP contribution is 2.21. The number of aryl methyl sites for hydroxylation is 2. The number of aromatic nitrogens is 3. The molecule has 5 heteroatoms. The Labute approximate surface area is 99.3 Å². The smallest absolute Gasteiger partial charge is 0.151 e. The van der Waals surface area contributed by atoms with Gasteiger partial charge >= 0.3 is 0 Å². The van der Waals surface area contributed by atoms with Crippen molar-refractivity contribution in [3.05, 3.63) is 35.7 Å². The van der Waals surface area contributed by atoms with Gasteiger partial charge in [-0.25, -0.2) is 14.1 Å². The van der Waals surface area contributed by atoms with Crippen molar-refractivity contribution in [3.63, 3.8) is 0 Å². The summed E-state index contributed by atoms with van der Waals surface area (Å²) in [4.78, 5) is 4.37. The molecule has 0 amide bonds. The maximum atomic E-state index is 13.4. The first kappa shape index (κ1) is 11.6. The molecule has 17 heavy (non-hydrogen) atoms. The Balaban J connectivity index is 2.59. The van der Waals surface area contributed by atoms with Gasteiger partial charge in [-0.05, 0) is 12.1 Å². The van der Waals surface area contributed by atoms with Gasteiger partial charge in [0.05, 0.1) is 11.4 Å². The van der Waals surface area contributed by atoms with Gasteiger partial charge in [-0.2, -0.15) is 5.10 Å². The molecule has 2 N–H and O–H groups in total. The molecular weight excluding hydrogens is 219 g/mol. The molecule has 0 aliphatic heterocycles. The second-order valence-corrected chi connectivity index (χ2v) is 3.74. The second-order valence-electron chi connectivity index (χ2n) is 3.74. The van der Waals surface area contributed by atoms with Crippen molar-refractivity contribution in [1.29, 1.82) is 0 Å². The molecule has 0 spiro atoms. The van der Waals surface area contributed by atoms with Gasteiger partial charge in [-0.1, -0.05) is 19.9 Å². The number of nitrogens with zero attached hydrogens (tertiary/aromatic N) is 3. The normalized spacial score (nSPS) is 10.8. The van der Waals surface area contributed by atoms with Gasteiger partial charge in [-0.15, -0.1) is 0 Å². The lowest BCUT2D eigenvalue weighted by atomic mass is 10.2. The monoisotopic (exact) mass is 234 g/mol. The molecule has 0 saturated heterocycles. The third-order valence-electron chi connectivity index (χ3n) is 2.61. The van der Waals surface area contributed by atoms with Crippen LogP contribution in [0, 0.1) is 5.82 Å². The first-order chi connectivity index (χ1) is 8.17. The topological polar surface area (TPSA) is 56.7 Å². The Morgan fingerprint density at radius 1 is 1.29 bits per heavy atom. The van der Waals surface area contributed by atoms with Crippen molar-refractivity contribution < 1.29 is 4.39 Å². The minimum Gasteiger partial charge on any atom is -0.395 e. The summed E-state index contributed by atoms with van der Waals surface area (Å²) in [5.41, 5.74) is 6.38. The van der Waals surface area contributed by atoms with Crippen molar-refractivity contribution in [3.8, 4) is 5.69 Å². The summed E-state index contributed by atoms with van der Waals surface area (Å²) in [6.45, 7) is 3.96. The van der Waals surface area contributed by atoms with Crippen LogP contribution in [0.4, 0.5) is 10.1 Å². The molecule has 1 aromatic carbocycles. The van der Waals surface area contributed by atoms with Crippen molar-refractivity contribution in [2.45, 2.75) is 26.7 Å². The van der Waals surface area contributed by atoms with Crippen LogP contribution in [0.3, 0.4) is 0 Å². The van der Waals surface area contributed by atoms with E-state index in [0.717, 1.165) is 24.5 Å². The van der Waals surface area contributed by atoms with Gasteiger partial charge in [0.1, 0.15) is 11.6 Å². The predicted octanol–water partition coefficient (Wildman–Crippen LogP) is 2.11. The van der Waals surface area contributed by atoms with Gasteiger partial charge in [0.25, 0.3) is 0 Å². The fraction of sp³-hybridized carbons (Fsp3) is 0.333. The number of halogens is 1. The average Bonchev–Trinajstić information content (AvgIpc) is 2.76. The average molecular weight is 234 g/mol. The third-order valence-corrected chi connectivity index (χ3v) is 2.61. The van der Waals surface area contributed by atoms with E-state index < -0.39 is 5.82 Å². The van der Waals surface area contributed by atoms with Crippen LogP contribution in [-0.4, -0.2) is 14.8 Å². The zero-order valence-electron chi connectivity index (χ0n) is 9.94. The molecule has 0 saturated carbocycles. The number of hydrogen-bond donors (Lipinski definition) is 1. The Morgan fingerprint density at radius 2 is 2.06 bits per heavy atom. The lowest BCUT2D eigenvalue weighted by Gasteiger charge is -2.07. The molecule has 4 nitrogen and oxygen atoms in total.